The highest BCUT2D eigenvalue weighted by Gasteiger charge is 2.34. The van der Waals surface area contributed by atoms with Crippen LogP contribution in [0.4, 0.5) is 4.39 Å². The fourth-order valence-corrected chi connectivity index (χ4v) is 5.86. The molecule has 1 aliphatic carbocycles. The lowest BCUT2D eigenvalue weighted by Gasteiger charge is -2.12. The Hall–Kier alpha value is -2.85. The van der Waals surface area contributed by atoms with Crippen LogP contribution in [0.1, 0.15) is 53.0 Å². The smallest absolute Gasteiger partial charge is 0.340 e. The number of halogens is 2. The first-order valence-electron chi connectivity index (χ1n) is 11.4. The quantitative estimate of drug-likeness (QED) is 0.260. The number of phenolic OH excluding ortho intramolecular Hbond substituents is 1. The molecule has 0 amide bonds. The van der Waals surface area contributed by atoms with Gasteiger partial charge in [-0.25, -0.2) is 18.9 Å². The summed E-state index contributed by atoms with van der Waals surface area (Å²) in [6.45, 7) is 2.25. The molecule has 5 rings (SSSR count). The van der Waals surface area contributed by atoms with Gasteiger partial charge in [0.05, 0.1) is 28.7 Å². The Morgan fingerprint density at radius 1 is 1.31 bits per heavy atom. The average molecular weight is 559 g/mol. The van der Waals surface area contributed by atoms with Crippen LogP contribution >= 0.6 is 27.7 Å². The normalized spacial score (nSPS) is 13.5. The van der Waals surface area contributed by atoms with Gasteiger partial charge in [0.2, 0.25) is 0 Å². The minimum Gasteiger partial charge on any atom is -0.506 e. The average Bonchev–Trinajstić information content (AvgIpc) is 3.44. The summed E-state index contributed by atoms with van der Waals surface area (Å²) < 4.78 is 24.0. The number of rotatable bonds is 9. The van der Waals surface area contributed by atoms with Crippen LogP contribution in [0.2, 0.25) is 0 Å². The number of hydrogen-bond donors (Lipinski definition) is 1. The number of ether oxygens (including phenoxy) is 1. The lowest BCUT2D eigenvalue weighted by atomic mass is 10.0. The standard InChI is InChI=1S/C25H24BrFN4O3S/c1-2-34-25(33)23-21(12-35-11-15-5-3-4-6-19(15)27)31(16-7-8-16)20-9-18(26)24(32)17(22(20)23)10-30-14-28-13-29-30/h3-6,9,13-14,16,32H,2,7-8,10-12H2,1H3. The number of carbonyl (C=O) groups is 1. The third-order valence-corrected chi connectivity index (χ3v) is 7.65. The van der Waals surface area contributed by atoms with Gasteiger partial charge >= 0.3 is 5.97 Å². The van der Waals surface area contributed by atoms with Crippen molar-refractivity contribution in [3.63, 3.8) is 0 Å². The summed E-state index contributed by atoms with van der Waals surface area (Å²) >= 11 is 5.04. The summed E-state index contributed by atoms with van der Waals surface area (Å²) in [5.41, 5.74) is 3.34. The van der Waals surface area contributed by atoms with Gasteiger partial charge in [0.15, 0.2) is 0 Å². The molecule has 0 saturated heterocycles. The summed E-state index contributed by atoms with van der Waals surface area (Å²) in [5.74, 6) is 0.353. The van der Waals surface area contributed by atoms with Crippen LogP contribution in [0.25, 0.3) is 10.9 Å². The third-order valence-electron chi connectivity index (χ3n) is 6.05. The number of esters is 1. The number of nitrogens with zero attached hydrogens (tertiary/aromatic N) is 4. The molecule has 2 aromatic heterocycles. The Labute approximate surface area is 214 Å². The lowest BCUT2D eigenvalue weighted by molar-refractivity contribution is 0.0527. The van der Waals surface area contributed by atoms with Gasteiger partial charge in [0.1, 0.15) is 24.2 Å². The molecule has 1 saturated carbocycles. The van der Waals surface area contributed by atoms with Crippen LogP contribution in [0, 0.1) is 5.82 Å². The zero-order chi connectivity index (χ0) is 24.5. The van der Waals surface area contributed by atoms with Crippen LogP contribution in [0.3, 0.4) is 0 Å². The number of benzene rings is 2. The molecule has 10 heteroatoms. The highest BCUT2D eigenvalue weighted by atomic mass is 79.9. The molecule has 7 nitrogen and oxygen atoms in total. The van der Waals surface area contributed by atoms with Crippen molar-refractivity contribution in [1.82, 2.24) is 19.3 Å². The largest absolute Gasteiger partial charge is 0.506 e. The molecule has 0 atom stereocenters. The molecular weight excluding hydrogens is 535 g/mol. The van der Waals surface area contributed by atoms with Gasteiger partial charge in [0, 0.05) is 34.2 Å². The predicted molar refractivity (Wildman–Crippen MR) is 136 cm³/mol. The van der Waals surface area contributed by atoms with Gasteiger partial charge < -0.3 is 14.4 Å². The maximum Gasteiger partial charge on any atom is 0.340 e. The Bertz CT molecular complexity index is 1390. The first kappa shape index (κ1) is 23.9. The number of phenols is 1. The van der Waals surface area contributed by atoms with E-state index in [2.05, 4.69) is 30.6 Å². The molecule has 0 bridgehead atoms. The zero-order valence-corrected chi connectivity index (χ0v) is 21.5. The van der Waals surface area contributed by atoms with Crippen LogP contribution in [0.15, 0.2) is 47.5 Å². The minimum absolute atomic E-state index is 0.0528. The van der Waals surface area contributed by atoms with Gasteiger partial charge in [-0.15, -0.1) is 0 Å². The third kappa shape index (κ3) is 4.69. The number of hydrogen-bond acceptors (Lipinski definition) is 6. The molecule has 1 N–H and O–H groups in total. The van der Waals surface area contributed by atoms with E-state index >= 15 is 0 Å². The van der Waals surface area contributed by atoms with Crippen molar-refractivity contribution in [2.75, 3.05) is 6.61 Å². The number of thioether (sulfide) groups is 1. The van der Waals surface area contributed by atoms with E-state index in [9.17, 15) is 14.3 Å². The van der Waals surface area contributed by atoms with Gasteiger partial charge in [-0.1, -0.05) is 18.2 Å². The molecule has 2 heterocycles. The number of fused-ring (bicyclic) bond motifs is 1. The highest BCUT2D eigenvalue weighted by Crippen LogP contribution is 2.46. The van der Waals surface area contributed by atoms with Crippen molar-refractivity contribution < 1.29 is 19.0 Å². The SMILES string of the molecule is CCOC(=O)c1c(CSCc2ccccc2F)n(C2CC2)c2cc(Br)c(O)c(Cn3cncn3)c12. The van der Waals surface area contributed by atoms with Crippen LogP contribution < -0.4 is 0 Å². The van der Waals surface area contributed by atoms with Crippen molar-refractivity contribution in [2.45, 2.75) is 43.9 Å². The fraction of sp³-hybridized carbons (Fsp3) is 0.320. The molecule has 1 aliphatic rings. The second-order valence-electron chi connectivity index (χ2n) is 8.40. The Kier molecular flexibility index (Phi) is 6.84. The molecular formula is C25H24BrFN4O3S. The van der Waals surface area contributed by atoms with E-state index in [1.807, 2.05) is 12.1 Å². The minimum atomic E-state index is -0.431. The van der Waals surface area contributed by atoms with Gasteiger partial charge in [-0.05, 0) is 53.4 Å². The molecule has 0 aliphatic heterocycles. The van der Waals surface area contributed by atoms with Crippen molar-refractivity contribution in [2.24, 2.45) is 0 Å². The Morgan fingerprint density at radius 3 is 2.80 bits per heavy atom. The Morgan fingerprint density at radius 2 is 2.11 bits per heavy atom. The summed E-state index contributed by atoms with van der Waals surface area (Å²) in [4.78, 5) is 17.3. The Balaban J connectivity index is 1.65. The maximum absolute atomic E-state index is 14.2. The van der Waals surface area contributed by atoms with Crippen LogP contribution in [-0.4, -0.2) is 37.0 Å². The second-order valence-corrected chi connectivity index (χ2v) is 10.2. The summed E-state index contributed by atoms with van der Waals surface area (Å²) in [6.07, 6.45) is 5.01. The van der Waals surface area contributed by atoms with Crippen LogP contribution in [-0.2, 0) is 22.8 Å². The van der Waals surface area contributed by atoms with Gasteiger partial charge in [-0.2, -0.15) is 16.9 Å². The summed E-state index contributed by atoms with van der Waals surface area (Å²) in [6, 6.07) is 8.85. The van der Waals surface area contributed by atoms with E-state index in [1.54, 1.807) is 41.8 Å². The molecule has 0 radical (unpaired) electrons. The van der Waals surface area contributed by atoms with Crippen molar-refractivity contribution in [1.29, 1.82) is 0 Å². The molecule has 4 aromatic rings. The van der Waals surface area contributed by atoms with Crippen molar-refractivity contribution in [3.05, 3.63) is 75.7 Å². The molecule has 182 valence electrons. The van der Waals surface area contributed by atoms with E-state index in [-0.39, 0.29) is 30.8 Å². The van der Waals surface area contributed by atoms with Crippen molar-refractivity contribution >= 4 is 44.6 Å². The van der Waals surface area contributed by atoms with Crippen LogP contribution in [0.5, 0.6) is 5.75 Å². The summed E-state index contributed by atoms with van der Waals surface area (Å²) in [5, 5.41) is 15.9. The fourth-order valence-electron chi connectivity index (χ4n) is 4.37. The van der Waals surface area contributed by atoms with Gasteiger partial charge in [0.25, 0.3) is 0 Å². The van der Waals surface area contributed by atoms with E-state index in [4.69, 9.17) is 4.74 Å². The lowest BCUT2D eigenvalue weighted by Crippen LogP contribution is -2.10. The predicted octanol–water partition coefficient (Wildman–Crippen LogP) is 5.83. The molecule has 0 spiro atoms. The maximum atomic E-state index is 14.2. The van der Waals surface area contributed by atoms with E-state index in [0.717, 1.165) is 24.1 Å². The number of aromatic nitrogens is 4. The highest BCUT2D eigenvalue weighted by molar-refractivity contribution is 9.10. The van der Waals surface area contributed by atoms with Crippen molar-refractivity contribution in [3.8, 4) is 5.75 Å². The molecule has 35 heavy (non-hydrogen) atoms. The first-order chi connectivity index (χ1) is 17.0. The first-order valence-corrected chi connectivity index (χ1v) is 13.3. The zero-order valence-electron chi connectivity index (χ0n) is 19.1. The van der Waals surface area contributed by atoms with Gasteiger partial charge in [-0.3, -0.25) is 0 Å². The molecule has 0 unspecified atom stereocenters. The van der Waals surface area contributed by atoms with E-state index in [0.29, 0.717) is 38.1 Å². The second kappa shape index (κ2) is 10.0. The van der Waals surface area contributed by atoms with E-state index in [1.165, 1.54) is 12.4 Å². The number of carbonyl (C=O) groups excluding carboxylic acids is 1. The molecule has 2 aromatic carbocycles. The number of aromatic hydroxyl groups is 1. The summed E-state index contributed by atoms with van der Waals surface area (Å²) in [7, 11) is 0. The van der Waals surface area contributed by atoms with E-state index < -0.39 is 5.97 Å². The topological polar surface area (TPSA) is 82.2 Å². The monoisotopic (exact) mass is 558 g/mol. The molecule has 1 fully saturated rings.